The average molecular weight is 311 g/mol. The molecule has 1 N–H and O–H groups in total. The summed E-state index contributed by atoms with van der Waals surface area (Å²) in [5.74, 6) is 0. The van der Waals surface area contributed by atoms with E-state index in [0.717, 1.165) is 31.9 Å². The Balaban J connectivity index is 2.11. The van der Waals surface area contributed by atoms with Crippen LogP contribution in [-0.2, 0) is 17.9 Å². The van der Waals surface area contributed by atoms with E-state index in [1.165, 1.54) is 29.3 Å². The molecule has 21 heavy (non-hydrogen) atoms. The lowest BCUT2D eigenvalue weighted by molar-refractivity contribution is 0.181. The molecule has 1 saturated heterocycles. The summed E-state index contributed by atoms with van der Waals surface area (Å²) >= 11 is 1.83. The fourth-order valence-electron chi connectivity index (χ4n) is 2.75. The highest BCUT2D eigenvalue weighted by Crippen LogP contribution is 2.34. The Bertz CT molecular complexity index is 445. The van der Waals surface area contributed by atoms with Crippen LogP contribution in [0.4, 0.5) is 5.13 Å². The fourth-order valence-corrected chi connectivity index (χ4v) is 3.83. The molecular formula is C16H29N3OS. The van der Waals surface area contributed by atoms with E-state index in [9.17, 15) is 0 Å². The molecule has 0 aromatic carbocycles. The molecule has 1 aromatic heterocycles. The molecule has 1 aliphatic rings. The van der Waals surface area contributed by atoms with Gasteiger partial charge in [0.2, 0.25) is 0 Å². The normalized spacial score (nSPS) is 18.8. The minimum absolute atomic E-state index is 0.466. The maximum Gasteiger partial charge on any atom is 0.185 e. The summed E-state index contributed by atoms with van der Waals surface area (Å²) in [6, 6.07) is 0. The second-order valence-corrected chi connectivity index (χ2v) is 7.65. The first kappa shape index (κ1) is 16.7. The number of nitrogens with one attached hydrogen (secondary N) is 1. The van der Waals surface area contributed by atoms with Gasteiger partial charge in [-0.15, -0.1) is 11.3 Å². The van der Waals surface area contributed by atoms with Crippen molar-refractivity contribution in [2.45, 2.75) is 53.2 Å². The molecule has 1 aliphatic heterocycles. The minimum atomic E-state index is 0.466. The molecule has 0 saturated carbocycles. The van der Waals surface area contributed by atoms with Crippen LogP contribution in [0.5, 0.6) is 0 Å². The fraction of sp³-hybridized carbons (Fsp3) is 0.812. The smallest absolute Gasteiger partial charge is 0.185 e. The summed E-state index contributed by atoms with van der Waals surface area (Å²) in [5, 5.41) is 4.58. The Morgan fingerprint density at radius 2 is 2.14 bits per heavy atom. The summed E-state index contributed by atoms with van der Waals surface area (Å²) < 4.78 is 5.30. The Morgan fingerprint density at radius 3 is 2.86 bits per heavy atom. The number of hydrogen-bond acceptors (Lipinski definition) is 5. The first-order valence-corrected chi connectivity index (χ1v) is 8.80. The summed E-state index contributed by atoms with van der Waals surface area (Å²) in [5.41, 5.74) is 1.57. The lowest BCUT2D eigenvalue weighted by Crippen LogP contribution is -2.24. The van der Waals surface area contributed by atoms with Crippen molar-refractivity contribution in [3.63, 3.8) is 0 Å². The zero-order valence-electron chi connectivity index (χ0n) is 13.9. The van der Waals surface area contributed by atoms with Gasteiger partial charge in [-0.05, 0) is 31.2 Å². The van der Waals surface area contributed by atoms with Gasteiger partial charge in [-0.3, -0.25) is 0 Å². The second-order valence-electron chi connectivity index (χ2n) is 6.58. The summed E-state index contributed by atoms with van der Waals surface area (Å²) in [6.07, 6.45) is 3.81. The number of rotatable bonds is 6. The summed E-state index contributed by atoms with van der Waals surface area (Å²) in [4.78, 5) is 8.63. The number of ether oxygens (including phenoxy) is 1. The number of anilines is 1. The largest absolute Gasteiger partial charge is 0.378 e. The lowest BCUT2D eigenvalue weighted by Gasteiger charge is -2.22. The summed E-state index contributed by atoms with van der Waals surface area (Å²) in [7, 11) is 1.74. The van der Waals surface area contributed by atoms with E-state index in [1.807, 2.05) is 11.3 Å². The van der Waals surface area contributed by atoms with Crippen molar-refractivity contribution in [1.29, 1.82) is 0 Å². The average Bonchev–Trinajstić information content (AvgIpc) is 2.74. The van der Waals surface area contributed by atoms with Crippen LogP contribution in [0.25, 0.3) is 0 Å². The Labute approximate surface area is 132 Å². The van der Waals surface area contributed by atoms with Gasteiger partial charge in [0.1, 0.15) is 0 Å². The van der Waals surface area contributed by atoms with Crippen LogP contribution in [0, 0.1) is 5.41 Å². The molecule has 0 bridgehead atoms. The van der Waals surface area contributed by atoms with E-state index in [2.05, 4.69) is 31.0 Å². The quantitative estimate of drug-likeness (QED) is 0.873. The van der Waals surface area contributed by atoms with Gasteiger partial charge in [0.25, 0.3) is 0 Å². The number of hydrogen-bond donors (Lipinski definition) is 1. The molecule has 4 nitrogen and oxygen atoms in total. The van der Waals surface area contributed by atoms with Gasteiger partial charge >= 0.3 is 0 Å². The third-order valence-electron chi connectivity index (χ3n) is 4.19. The molecule has 1 fully saturated rings. The van der Waals surface area contributed by atoms with Crippen molar-refractivity contribution in [2.75, 3.05) is 31.6 Å². The molecule has 1 aromatic rings. The van der Waals surface area contributed by atoms with Gasteiger partial charge < -0.3 is 15.0 Å². The molecular weight excluding hydrogens is 282 g/mol. The van der Waals surface area contributed by atoms with Crippen LogP contribution < -0.4 is 10.2 Å². The highest BCUT2D eigenvalue weighted by atomic mass is 32.1. The molecule has 5 heteroatoms. The van der Waals surface area contributed by atoms with Crippen LogP contribution in [0.3, 0.4) is 0 Å². The van der Waals surface area contributed by atoms with Crippen LogP contribution in [-0.4, -0.2) is 31.7 Å². The SMILES string of the molecule is CCNCc1sc(N2CCCC(C)(C)CC2)nc1COC. The highest BCUT2D eigenvalue weighted by Gasteiger charge is 2.25. The highest BCUT2D eigenvalue weighted by molar-refractivity contribution is 7.15. The van der Waals surface area contributed by atoms with Crippen LogP contribution in [0.2, 0.25) is 0 Å². The van der Waals surface area contributed by atoms with Crippen molar-refractivity contribution in [2.24, 2.45) is 5.41 Å². The van der Waals surface area contributed by atoms with E-state index >= 15 is 0 Å². The topological polar surface area (TPSA) is 37.4 Å². The first-order valence-electron chi connectivity index (χ1n) is 7.99. The van der Waals surface area contributed by atoms with Crippen LogP contribution in [0.15, 0.2) is 0 Å². The monoisotopic (exact) mass is 311 g/mol. The third kappa shape index (κ3) is 4.66. The van der Waals surface area contributed by atoms with E-state index in [0.29, 0.717) is 12.0 Å². The van der Waals surface area contributed by atoms with E-state index in [1.54, 1.807) is 7.11 Å². The maximum absolute atomic E-state index is 5.30. The molecule has 0 atom stereocenters. The molecule has 120 valence electrons. The minimum Gasteiger partial charge on any atom is -0.378 e. The van der Waals surface area contributed by atoms with Gasteiger partial charge in [-0.1, -0.05) is 20.8 Å². The molecule has 0 spiro atoms. The van der Waals surface area contributed by atoms with Gasteiger partial charge in [-0.2, -0.15) is 0 Å². The van der Waals surface area contributed by atoms with E-state index in [4.69, 9.17) is 9.72 Å². The Morgan fingerprint density at radius 1 is 1.33 bits per heavy atom. The van der Waals surface area contributed by atoms with E-state index in [-0.39, 0.29) is 0 Å². The van der Waals surface area contributed by atoms with Crippen molar-refractivity contribution in [3.05, 3.63) is 10.6 Å². The molecule has 0 amide bonds. The van der Waals surface area contributed by atoms with Crippen molar-refractivity contribution < 1.29 is 4.74 Å². The van der Waals surface area contributed by atoms with Crippen LogP contribution >= 0.6 is 11.3 Å². The number of methoxy groups -OCH3 is 1. The zero-order valence-corrected chi connectivity index (χ0v) is 14.7. The number of nitrogens with zero attached hydrogens (tertiary/aromatic N) is 2. The van der Waals surface area contributed by atoms with Gasteiger partial charge in [-0.25, -0.2) is 4.98 Å². The number of aromatic nitrogens is 1. The van der Waals surface area contributed by atoms with Gasteiger partial charge in [0, 0.05) is 31.6 Å². The summed E-state index contributed by atoms with van der Waals surface area (Å²) in [6.45, 7) is 11.6. The predicted molar refractivity (Wildman–Crippen MR) is 90.1 cm³/mol. The number of thiazole rings is 1. The van der Waals surface area contributed by atoms with Gasteiger partial charge in [0.05, 0.1) is 12.3 Å². The first-order chi connectivity index (χ1) is 10.1. The zero-order chi connectivity index (χ0) is 15.3. The van der Waals surface area contributed by atoms with Crippen LogP contribution in [0.1, 0.15) is 50.6 Å². The van der Waals surface area contributed by atoms with Crippen molar-refractivity contribution >= 4 is 16.5 Å². The van der Waals surface area contributed by atoms with E-state index < -0.39 is 0 Å². The lowest BCUT2D eigenvalue weighted by atomic mass is 9.85. The Hall–Kier alpha value is -0.650. The maximum atomic E-state index is 5.30. The molecule has 2 rings (SSSR count). The Kier molecular flexibility index (Phi) is 6.02. The molecule has 0 unspecified atom stereocenters. The molecule has 0 radical (unpaired) electrons. The second kappa shape index (κ2) is 7.56. The van der Waals surface area contributed by atoms with Crippen molar-refractivity contribution in [1.82, 2.24) is 10.3 Å². The van der Waals surface area contributed by atoms with Gasteiger partial charge in [0.15, 0.2) is 5.13 Å². The van der Waals surface area contributed by atoms with Crippen molar-refractivity contribution in [3.8, 4) is 0 Å². The molecule has 0 aliphatic carbocycles. The third-order valence-corrected chi connectivity index (χ3v) is 5.35. The predicted octanol–water partition coefficient (Wildman–Crippen LogP) is 3.42. The molecule has 2 heterocycles. The standard InChI is InChI=1S/C16H29N3OS/c1-5-17-11-14-13(12-20-4)18-15(21-14)19-9-6-7-16(2,3)8-10-19/h17H,5-12H2,1-4H3.